The van der Waals surface area contributed by atoms with E-state index < -0.39 is 0 Å². The number of rotatable bonds is 4. The Bertz CT molecular complexity index is 455. The SMILES string of the molecule is NC(=O)C1CCC(CNc2cc(Cl)c(Br)cn2)C1. The van der Waals surface area contributed by atoms with E-state index in [-0.39, 0.29) is 11.8 Å². The fraction of sp³-hybridized carbons (Fsp3) is 0.500. The van der Waals surface area contributed by atoms with Crippen molar-refractivity contribution < 1.29 is 4.79 Å². The van der Waals surface area contributed by atoms with Crippen LogP contribution in [-0.4, -0.2) is 17.4 Å². The Morgan fingerprint density at radius 3 is 3.00 bits per heavy atom. The number of hydrogen-bond donors (Lipinski definition) is 2. The van der Waals surface area contributed by atoms with E-state index in [9.17, 15) is 4.79 Å². The van der Waals surface area contributed by atoms with Gasteiger partial charge < -0.3 is 11.1 Å². The van der Waals surface area contributed by atoms with Crippen molar-refractivity contribution in [3.63, 3.8) is 0 Å². The average Bonchev–Trinajstić information content (AvgIpc) is 2.79. The number of amides is 1. The standard InChI is InChI=1S/C12H15BrClN3O/c13-9-6-17-11(4-10(9)14)16-5-7-1-2-8(3-7)12(15)18/h4,6-8H,1-3,5H2,(H2,15,18)(H,16,17). The zero-order valence-corrected chi connectivity index (χ0v) is 12.2. The average molecular weight is 333 g/mol. The molecule has 0 spiro atoms. The zero-order chi connectivity index (χ0) is 13.1. The second-order valence-corrected chi connectivity index (χ2v) is 5.90. The number of pyridine rings is 1. The topological polar surface area (TPSA) is 68.0 Å². The van der Waals surface area contributed by atoms with E-state index in [1.807, 2.05) is 0 Å². The first kappa shape index (κ1) is 13.6. The van der Waals surface area contributed by atoms with Gasteiger partial charge in [0.15, 0.2) is 0 Å². The Morgan fingerprint density at radius 2 is 2.39 bits per heavy atom. The first-order valence-corrected chi connectivity index (χ1v) is 7.07. The summed E-state index contributed by atoms with van der Waals surface area (Å²) in [6, 6.07) is 1.78. The van der Waals surface area contributed by atoms with E-state index in [1.165, 1.54) is 0 Å². The molecule has 1 aromatic rings. The lowest BCUT2D eigenvalue weighted by molar-refractivity contribution is -0.121. The Kier molecular flexibility index (Phi) is 4.45. The number of nitrogens with zero attached hydrogens (tertiary/aromatic N) is 1. The largest absolute Gasteiger partial charge is 0.370 e. The highest BCUT2D eigenvalue weighted by molar-refractivity contribution is 9.10. The fourth-order valence-electron chi connectivity index (χ4n) is 2.28. The quantitative estimate of drug-likeness (QED) is 0.891. The molecule has 2 rings (SSSR count). The first-order chi connectivity index (χ1) is 8.56. The van der Waals surface area contributed by atoms with E-state index in [2.05, 4.69) is 26.2 Å². The minimum atomic E-state index is -0.178. The van der Waals surface area contributed by atoms with Crippen LogP contribution < -0.4 is 11.1 Å². The van der Waals surface area contributed by atoms with Crippen LogP contribution in [-0.2, 0) is 4.79 Å². The van der Waals surface area contributed by atoms with Gasteiger partial charge >= 0.3 is 0 Å². The maximum Gasteiger partial charge on any atom is 0.220 e. The van der Waals surface area contributed by atoms with Crippen LogP contribution in [0.15, 0.2) is 16.7 Å². The molecule has 0 aliphatic heterocycles. The van der Waals surface area contributed by atoms with Gasteiger partial charge in [-0.15, -0.1) is 0 Å². The van der Waals surface area contributed by atoms with Crippen LogP contribution in [0.5, 0.6) is 0 Å². The molecule has 0 aromatic carbocycles. The monoisotopic (exact) mass is 331 g/mol. The predicted molar refractivity (Wildman–Crippen MR) is 75.5 cm³/mol. The molecule has 1 heterocycles. The van der Waals surface area contributed by atoms with Crippen LogP contribution in [0.1, 0.15) is 19.3 Å². The summed E-state index contributed by atoms with van der Waals surface area (Å²) in [5.74, 6) is 1.10. The maximum atomic E-state index is 11.1. The van der Waals surface area contributed by atoms with Gasteiger partial charge in [-0.25, -0.2) is 4.98 Å². The molecule has 2 unspecified atom stereocenters. The van der Waals surface area contributed by atoms with Crippen molar-refractivity contribution in [1.29, 1.82) is 0 Å². The third-order valence-corrected chi connectivity index (χ3v) is 4.50. The number of primary amides is 1. The Labute approximate surface area is 119 Å². The van der Waals surface area contributed by atoms with E-state index in [0.717, 1.165) is 36.1 Å². The molecule has 4 nitrogen and oxygen atoms in total. The molecule has 1 aromatic heterocycles. The number of carbonyl (C=O) groups is 1. The van der Waals surface area contributed by atoms with Crippen molar-refractivity contribution >= 4 is 39.3 Å². The highest BCUT2D eigenvalue weighted by Crippen LogP contribution is 2.31. The van der Waals surface area contributed by atoms with Crippen molar-refractivity contribution in [1.82, 2.24) is 4.98 Å². The normalized spacial score (nSPS) is 23.0. The van der Waals surface area contributed by atoms with Crippen LogP contribution in [0.25, 0.3) is 0 Å². The molecule has 98 valence electrons. The Morgan fingerprint density at radius 1 is 1.61 bits per heavy atom. The Hall–Kier alpha value is -0.810. The van der Waals surface area contributed by atoms with Crippen molar-refractivity contribution in [2.75, 3.05) is 11.9 Å². The van der Waals surface area contributed by atoms with E-state index in [1.54, 1.807) is 12.3 Å². The molecule has 0 radical (unpaired) electrons. The van der Waals surface area contributed by atoms with Gasteiger partial charge in [0, 0.05) is 24.7 Å². The molecule has 1 saturated carbocycles. The van der Waals surface area contributed by atoms with Crippen LogP contribution in [0, 0.1) is 11.8 Å². The first-order valence-electron chi connectivity index (χ1n) is 5.90. The van der Waals surface area contributed by atoms with Gasteiger partial charge in [0.25, 0.3) is 0 Å². The summed E-state index contributed by atoms with van der Waals surface area (Å²) in [5.41, 5.74) is 5.31. The number of halogens is 2. The maximum absolute atomic E-state index is 11.1. The predicted octanol–water partition coefficient (Wildman–Crippen LogP) is 2.81. The third-order valence-electron chi connectivity index (χ3n) is 3.32. The molecule has 2 atom stereocenters. The minimum Gasteiger partial charge on any atom is -0.370 e. The summed E-state index contributed by atoms with van der Waals surface area (Å²) in [6.07, 6.45) is 4.47. The lowest BCUT2D eigenvalue weighted by Gasteiger charge is -2.12. The Balaban J connectivity index is 1.85. The molecular weight excluding hydrogens is 318 g/mol. The molecule has 1 aliphatic rings. The smallest absolute Gasteiger partial charge is 0.220 e. The summed E-state index contributed by atoms with van der Waals surface area (Å²) in [7, 11) is 0. The number of nitrogens with two attached hydrogens (primary N) is 1. The van der Waals surface area contributed by atoms with Crippen molar-refractivity contribution in [3.05, 3.63) is 21.8 Å². The second kappa shape index (κ2) is 5.89. The van der Waals surface area contributed by atoms with Crippen LogP contribution >= 0.6 is 27.5 Å². The van der Waals surface area contributed by atoms with E-state index >= 15 is 0 Å². The highest BCUT2D eigenvalue weighted by Gasteiger charge is 2.28. The molecule has 18 heavy (non-hydrogen) atoms. The molecule has 0 bridgehead atoms. The summed E-state index contributed by atoms with van der Waals surface area (Å²) < 4.78 is 0.782. The van der Waals surface area contributed by atoms with Gasteiger partial charge in [0.2, 0.25) is 5.91 Å². The van der Waals surface area contributed by atoms with Gasteiger partial charge in [0.05, 0.1) is 9.50 Å². The lowest BCUT2D eigenvalue weighted by atomic mass is 10.0. The summed E-state index contributed by atoms with van der Waals surface area (Å²) in [4.78, 5) is 15.3. The molecular formula is C12H15BrClN3O. The molecule has 3 N–H and O–H groups in total. The van der Waals surface area contributed by atoms with Crippen LogP contribution in [0.3, 0.4) is 0 Å². The second-order valence-electron chi connectivity index (χ2n) is 4.64. The number of aromatic nitrogens is 1. The summed E-state index contributed by atoms with van der Waals surface area (Å²) in [6.45, 7) is 0.800. The lowest BCUT2D eigenvalue weighted by Crippen LogP contribution is -2.21. The number of nitrogens with one attached hydrogen (secondary N) is 1. The molecule has 1 fully saturated rings. The van der Waals surface area contributed by atoms with Crippen molar-refractivity contribution in [3.8, 4) is 0 Å². The molecule has 6 heteroatoms. The van der Waals surface area contributed by atoms with Gasteiger partial charge in [-0.05, 0) is 41.1 Å². The number of carbonyl (C=O) groups excluding carboxylic acids is 1. The molecule has 0 saturated heterocycles. The van der Waals surface area contributed by atoms with Gasteiger partial charge in [-0.2, -0.15) is 0 Å². The zero-order valence-electron chi connectivity index (χ0n) is 9.83. The van der Waals surface area contributed by atoms with Gasteiger partial charge in [0.1, 0.15) is 5.82 Å². The van der Waals surface area contributed by atoms with E-state index in [0.29, 0.717) is 10.9 Å². The number of hydrogen-bond acceptors (Lipinski definition) is 3. The van der Waals surface area contributed by atoms with Gasteiger partial charge in [-0.3, -0.25) is 4.79 Å². The van der Waals surface area contributed by atoms with Gasteiger partial charge in [-0.1, -0.05) is 11.6 Å². The third kappa shape index (κ3) is 3.36. The molecule has 1 aliphatic carbocycles. The van der Waals surface area contributed by atoms with Crippen molar-refractivity contribution in [2.24, 2.45) is 17.6 Å². The van der Waals surface area contributed by atoms with E-state index in [4.69, 9.17) is 17.3 Å². The van der Waals surface area contributed by atoms with Crippen molar-refractivity contribution in [2.45, 2.75) is 19.3 Å². The summed E-state index contributed by atoms with van der Waals surface area (Å²) >= 11 is 9.28. The number of anilines is 1. The fourth-order valence-corrected chi connectivity index (χ4v) is 2.65. The highest BCUT2D eigenvalue weighted by atomic mass is 79.9. The summed E-state index contributed by atoms with van der Waals surface area (Å²) in [5, 5.41) is 3.88. The van der Waals surface area contributed by atoms with Crippen LogP contribution in [0.4, 0.5) is 5.82 Å². The van der Waals surface area contributed by atoms with Crippen LogP contribution in [0.2, 0.25) is 5.02 Å². The minimum absolute atomic E-state index is 0.0401. The molecule has 1 amide bonds.